The van der Waals surface area contributed by atoms with Crippen molar-refractivity contribution in [1.29, 1.82) is 0 Å². The number of anilines is 1. The van der Waals surface area contributed by atoms with Gasteiger partial charge in [-0.15, -0.1) is 0 Å². The quantitative estimate of drug-likeness (QED) is 0.396. The first-order valence-electron chi connectivity index (χ1n) is 10.2. The van der Waals surface area contributed by atoms with Crippen LogP contribution in [0.1, 0.15) is 6.92 Å². The summed E-state index contributed by atoms with van der Waals surface area (Å²) in [6, 6.07) is 18.3. The average molecular weight is 464 g/mol. The molecule has 1 aromatic heterocycles. The maximum Gasteiger partial charge on any atom is 0.265 e. The first-order chi connectivity index (χ1) is 16.0. The van der Waals surface area contributed by atoms with Crippen molar-refractivity contribution in [3.8, 4) is 28.5 Å². The molecule has 0 aliphatic carbocycles. The molecule has 0 radical (unpaired) electrons. The summed E-state index contributed by atoms with van der Waals surface area (Å²) in [7, 11) is 3.01. The fourth-order valence-electron chi connectivity index (χ4n) is 3.24. The third-order valence-electron chi connectivity index (χ3n) is 5.01. The van der Waals surface area contributed by atoms with E-state index in [9.17, 15) is 4.79 Å². The van der Waals surface area contributed by atoms with Crippen molar-refractivity contribution in [3.05, 3.63) is 71.9 Å². The van der Waals surface area contributed by atoms with Crippen LogP contribution in [0.25, 0.3) is 22.3 Å². The molecule has 4 rings (SSSR count). The number of amides is 1. The Morgan fingerprint density at radius 1 is 0.970 bits per heavy atom. The van der Waals surface area contributed by atoms with Crippen LogP contribution in [0, 0.1) is 0 Å². The number of carbonyl (C=O) groups excluding carboxylic acids is 1. The molecule has 7 nitrogen and oxygen atoms in total. The normalized spacial score (nSPS) is 11.6. The molecule has 168 valence electrons. The van der Waals surface area contributed by atoms with Crippen molar-refractivity contribution < 1.29 is 19.0 Å². The molecule has 8 heteroatoms. The van der Waals surface area contributed by atoms with Crippen molar-refractivity contribution in [1.82, 2.24) is 9.97 Å². The lowest BCUT2D eigenvalue weighted by atomic mass is 10.1. The number of fused-ring (bicyclic) bond motifs is 1. The number of nitrogens with one attached hydrogen (secondary N) is 1. The number of para-hydroxylation sites is 2. The molecule has 1 amide bonds. The molecule has 4 aromatic rings. The van der Waals surface area contributed by atoms with Gasteiger partial charge in [-0.05, 0) is 43.3 Å². The predicted molar refractivity (Wildman–Crippen MR) is 128 cm³/mol. The van der Waals surface area contributed by atoms with Gasteiger partial charge < -0.3 is 19.5 Å². The van der Waals surface area contributed by atoms with E-state index in [1.807, 2.05) is 36.4 Å². The molecule has 0 saturated heterocycles. The van der Waals surface area contributed by atoms with Gasteiger partial charge in [0.05, 0.1) is 42.2 Å². The van der Waals surface area contributed by atoms with Gasteiger partial charge in [0.15, 0.2) is 6.10 Å². The minimum absolute atomic E-state index is 0.299. The Balaban J connectivity index is 1.45. The van der Waals surface area contributed by atoms with Crippen LogP contribution in [0.2, 0.25) is 5.02 Å². The van der Waals surface area contributed by atoms with Gasteiger partial charge in [-0.1, -0.05) is 23.7 Å². The first-order valence-corrected chi connectivity index (χ1v) is 10.6. The van der Waals surface area contributed by atoms with E-state index < -0.39 is 6.10 Å². The minimum atomic E-state index is -0.779. The number of carbonyl (C=O) groups is 1. The molecule has 3 aromatic carbocycles. The smallest absolute Gasteiger partial charge is 0.265 e. The number of methoxy groups -OCH3 is 2. The van der Waals surface area contributed by atoms with Gasteiger partial charge in [0, 0.05) is 17.7 Å². The second kappa shape index (κ2) is 9.75. The Morgan fingerprint density at radius 2 is 1.70 bits per heavy atom. The standard InChI is InChI=1S/C25H22ClN3O4/c1-15(25(30)29-24-19(26)12-18(31-2)13-23(24)32-3)33-17-10-8-16(9-11-17)22-14-27-20-6-4-5-7-21(20)28-22/h4-15H,1-3H3,(H,29,30)/t15-/m0/s1. The van der Waals surface area contributed by atoms with Crippen molar-refractivity contribution in [2.45, 2.75) is 13.0 Å². The zero-order valence-corrected chi connectivity index (χ0v) is 19.1. The van der Waals surface area contributed by atoms with E-state index in [2.05, 4.69) is 15.3 Å². The van der Waals surface area contributed by atoms with Crippen molar-refractivity contribution in [3.63, 3.8) is 0 Å². The van der Waals surface area contributed by atoms with E-state index in [4.69, 9.17) is 25.8 Å². The summed E-state index contributed by atoms with van der Waals surface area (Å²) in [4.78, 5) is 21.8. The summed E-state index contributed by atoms with van der Waals surface area (Å²) in [5.74, 6) is 1.09. The molecule has 0 saturated carbocycles. The van der Waals surface area contributed by atoms with Crippen molar-refractivity contribution in [2.24, 2.45) is 0 Å². The van der Waals surface area contributed by atoms with Gasteiger partial charge in [-0.3, -0.25) is 9.78 Å². The summed E-state index contributed by atoms with van der Waals surface area (Å²) >= 11 is 6.29. The maximum atomic E-state index is 12.7. The van der Waals surface area contributed by atoms with Gasteiger partial charge in [0.25, 0.3) is 5.91 Å². The number of hydrogen-bond acceptors (Lipinski definition) is 6. The van der Waals surface area contributed by atoms with Crippen LogP contribution < -0.4 is 19.5 Å². The maximum absolute atomic E-state index is 12.7. The van der Waals surface area contributed by atoms with Gasteiger partial charge >= 0.3 is 0 Å². The molecular formula is C25H22ClN3O4. The Hall–Kier alpha value is -3.84. The lowest BCUT2D eigenvalue weighted by Crippen LogP contribution is -2.30. The van der Waals surface area contributed by atoms with E-state index >= 15 is 0 Å². The fourth-order valence-corrected chi connectivity index (χ4v) is 3.49. The predicted octanol–water partition coefficient (Wildman–Crippen LogP) is 5.37. The number of hydrogen-bond donors (Lipinski definition) is 1. The molecule has 0 aliphatic heterocycles. The number of halogens is 1. The van der Waals surface area contributed by atoms with Crippen LogP contribution in [-0.2, 0) is 4.79 Å². The Bertz CT molecular complexity index is 1290. The van der Waals surface area contributed by atoms with Crippen LogP contribution >= 0.6 is 11.6 Å². The number of benzene rings is 3. The van der Waals surface area contributed by atoms with Crippen LogP contribution in [0.4, 0.5) is 5.69 Å². The molecule has 1 atom stereocenters. The van der Waals surface area contributed by atoms with Gasteiger partial charge in [0.2, 0.25) is 0 Å². The highest BCUT2D eigenvalue weighted by atomic mass is 35.5. The second-order valence-corrected chi connectivity index (χ2v) is 7.61. The largest absolute Gasteiger partial charge is 0.497 e. The first kappa shape index (κ1) is 22.4. The number of rotatable bonds is 7. The Labute approximate surface area is 196 Å². The van der Waals surface area contributed by atoms with Gasteiger partial charge in [-0.2, -0.15) is 0 Å². The molecule has 0 fully saturated rings. The molecular weight excluding hydrogens is 442 g/mol. The van der Waals surface area contributed by atoms with Crippen LogP contribution in [0.15, 0.2) is 66.9 Å². The van der Waals surface area contributed by atoms with Crippen LogP contribution in [0.3, 0.4) is 0 Å². The topological polar surface area (TPSA) is 82.6 Å². The summed E-state index contributed by atoms with van der Waals surface area (Å²) in [5.41, 5.74) is 3.67. The monoisotopic (exact) mass is 463 g/mol. The SMILES string of the molecule is COc1cc(Cl)c(NC(=O)[C@H](C)Oc2ccc(-c3cnc4ccccc4n3)cc2)c(OC)c1. The van der Waals surface area contributed by atoms with Crippen molar-refractivity contribution >= 4 is 34.2 Å². The van der Waals surface area contributed by atoms with Gasteiger partial charge in [0.1, 0.15) is 22.9 Å². The molecule has 0 unspecified atom stereocenters. The van der Waals surface area contributed by atoms with Gasteiger partial charge in [-0.25, -0.2) is 4.98 Å². The second-order valence-electron chi connectivity index (χ2n) is 7.20. The highest BCUT2D eigenvalue weighted by Crippen LogP contribution is 2.37. The summed E-state index contributed by atoms with van der Waals surface area (Å²) in [6.07, 6.45) is 0.958. The van der Waals surface area contributed by atoms with Crippen molar-refractivity contribution in [2.75, 3.05) is 19.5 Å². The minimum Gasteiger partial charge on any atom is -0.497 e. The highest BCUT2D eigenvalue weighted by molar-refractivity contribution is 6.34. The lowest BCUT2D eigenvalue weighted by Gasteiger charge is -2.18. The molecule has 0 bridgehead atoms. The van der Waals surface area contributed by atoms with E-state index in [-0.39, 0.29) is 5.91 Å². The van der Waals surface area contributed by atoms with E-state index in [0.717, 1.165) is 22.3 Å². The molecule has 1 N–H and O–H groups in total. The van der Waals surface area contributed by atoms with E-state index in [0.29, 0.717) is 28.0 Å². The number of ether oxygens (including phenoxy) is 3. The Kier molecular flexibility index (Phi) is 6.60. The van der Waals surface area contributed by atoms with E-state index in [1.165, 1.54) is 14.2 Å². The third-order valence-corrected chi connectivity index (χ3v) is 5.31. The lowest BCUT2D eigenvalue weighted by molar-refractivity contribution is -0.122. The summed E-state index contributed by atoms with van der Waals surface area (Å²) in [5, 5.41) is 3.06. The van der Waals surface area contributed by atoms with Crippen LogP contribution in [-0.4, -0.2) is 36.2 Å². The van der Waals surface area contributed by atoms with Crippen LogP contribution in [0.5, 0.6) is 17.2 Å². The number of nitrogens with zero attached hydrogens (tertiary/aromatic N) is 2. The molecule has 1 heterocycles. The van der Waals surface area contributed by atoms with E-state index in [1.54, 1.807) is 37.4 Å². The molecule has 0 aliphatic rings. The zero-order valence-electron chi connectivity index (χ0n) is 18.3. The highest BCUT2D eigenvalue weighted by Gasteiger charge is 2.20. The molecule has 33 heavy (non-hydrogen) atoms. The summed E-state index contributed by atoms with van der Waals surface area (Å²) < 4.78 is 16.3. The Morgan fingerprint density at radius 3 is 2.39 bits per heavy atom. The third kappa shape index (κ3) is 4.99. The number of aromatic nitrogens is 2. The zero-order chi connectivity index (χ0) is 23.4. The summed E-state index contributed by atoms with van der Waals surface area (Å²) in [6.45, 7) is 1.65. The fraction of sp³-hybridized carbons (Fsp3) is 0.160. The average Bonchev–Trinajstić information content (AvgIpc) is 2.85. The molecule has 0 spiro atoms.